The third-order valence-electron chi connectivity index (χ3n) is 3.69. The summed E-state index contributed by atoms with van der Waals surface area (Å²) >= 11 is 0. The van der Waals surface area contributed by atoms with Gasteiger partial charge in [0.15, 0.2) is 0 Å². The maximum atomic E-state index is 10.8. The van der Waals surface area contributed by atoms with E-state index in [2.05, 4.69) is 23.7 Å². The van der Waals surface area contributed by atoms with Gasteiger partial charge >= 0.3 is 5.97 Å². The highest BCUT2D eigenvalue weighted by Gasteiger charge is 2.22. The van der Waals surface area contributed by atoms with Crippen LogP contribution in [0.1, 0.15) is 13.8 Å². The summed E-state index contributed by atoms with van der Waals surface area (Å²) < 4.78 is 7.39. The minimum Gasteiger partial charge on any atom is -0.480 e. The van der Waals surface area contributed by atoms with Crippen LogP contribution in [0.15, 0.2) is 24.5 Å². The van der Waals surface area contributed by atoms with Crippen LogP contribution in [0.25, 0.3) is 11.0 Å². The van der Waals surface area contributed by atoms with Crippen LogP contribution >= 0.6 is 0 Å². The lowest BCUT2D eigenvalue weighted by Gasteiger charge is -2.36. The molecule has 6 nitrogen and oxygen atoms in total. The van der Waals surface area contributed by atoms with Gasteiger partial charge in [0.2, 0.25) is 0 Å². The molecule has 1 saturated heterocycles. The van der Waals surface area contributed by atoms with E-state index in [4.69, 9.17) is 9.84 Å². The molecule has 0 amide bonds. The molecule has 0 radical (unpaired) electrons. The normalized spacial score (nSPS) is 22.7. The molecular weight excluding hydrogens is 270 g/mol. The van der Waals surface area contributed by atoms with Gasteiger partial charge in [0, 0.05) is 18.8 Å². The van der Waals surface area contributed by atoms with Crippen molar-refractivity contribution >= 4 is 22.7 Å². The molecule has 1 aromatic carbocycles. The third kappa shape index (κ3) is 2.85. The Labute approximate surface area is 122 Å². The molecule has 0 aliphatic carbocycles. The highest BCUT2D eigenvalue weighted by Crippen LogP contribution is 2.24. The number of benzene rings is 1. The van der Waals surface area contributed by atoms with Crippen LogP contribution in [0.3, 0.4) is 0 Å². The fraction of sp³-hybridized carbons (Fsp3) is 0.467. The average Bonchev–Trinajstić information content (AvgIpc) is 2.79. The Morgan fingerprint density at radius 1 is 1.38 bits per heavy atom. The first-order valence-electron chi connectivity index (χ1n) is 7.10. The molecule has 3 rings (SSSR count). The van der Waals surface area contributed by atoms with Crippen LogP contribution in [0.2, 0.25) is 0 Å². The number of morpholine rings is 1. The Bertz CT molecular complexity index is 657. The molecular formula is C15H19N3O3. The van der Waals surface area contributed by atoms with Gasteiger partial charge in [-0.25, -0.2) is 4.98 Å². The fourth-order valence-electron chi connectivity index (χ4n) is 2.91. The van der Waals surface area contributed by atoms with Gasteiger partial charge in [0.25, 0.3) is 0 Å². The Hall–Kier alpha value is -2.08. The number of carbonyl (C=O) groups is 1. The number of hydrogen-bond acceptors (Lipinski definition) is 4. The first-order chi connectivity index (χ1) is 10.0. The minimum absolute atomic E-state index is 0.0680. The molecule has 1 aliphatic heterocycles. The van der Waals surface area contributed by atoms with Gasteiger partial charge in [-0.3, -0.25) is 4.79 Å². The number of carboxylic acid groups (broad SMARTS) is 1. The third-order valence-corrected chi connectivity index (χ3v) is 3.69. The number of carboxylic acids is 1. The lowest BCUT2D eigenvalue weighted by molar-refractivity contribution is -0.137. The standard InChI is InChI=1S/C15H19N3O3/c1-10-6-17(7-11(2)21-10)12-3-4-14-13(5-12)16-9-18(14)8-15(19)20/h3-5,9-11H,6-8H2,1-2H3,(H,19,20). The molecule has 1 N–H and O–H groups in total. The molecule has 6 heteroatoms. The van der Waals surface area contributed by atoms with Gasteiger partial charge in [-0.05, 0) is 32.0 Å². The number of aliphatic carboxylic acids is 1. The second-order valence-corrected chi connectivity index (χ2v) is 5.60. The summed E-state index contributed by atoms with van der Waals surface area (Å²) in [7, 11) is 0. The van der Waals surface area contributed by atoms with Crippen LogP contribution in [-0.4, -0.2) is 45.9 Å². The summed E-state index contributed by atoms with van der Waals surface area (Å²) in [4.78, 5) is 17.4. The predicted molar refractivity (Wildman–Crippen MR) is 79.6 cm³/mol. The van der Waals surface area contributed by atoms with Gasteiger partial charge in [0.1, 0.15) is 6.54 Å². The molecule has 2 aromatic rings. The SMILES string of the molecule is CC1CN(c2ccc3c(c2)ncn3CC(=O)O)CC(C)O1. The Kier molecular flexibility index (Phi) is 3.55. The molecule has 1 aromatic heterocycles. The Morgan fingerprint density at radius 3 is 2.76 bits per heavy atom. The smallest absolute Gasteiger partial charge is 0.323 e. The predicted octanol–water partition coefficient (Wildman–Crippen LogP) is 1.73. The van der Waals surface area contributed by atoms with Crippen molar-refractivity contribution in [1.29, 1.82) is 0 Å². The van der Waals surface area contributed by atoms with Crippen molar-refractivity contribution < 1.29 is 14.6 Å². The zero-order valence-corrected chi connectivity index (χ0v) is 12.2. The summed E-state index contributed by atoms with van der Waals surface area (Å²) in [6.45, 7) is 5.78. The molecule has 2 atom stereocenters. The van der Waals surface area contributed by atoms with Crippen LogP contribution in [0, 0.1) is 0 Å². The van der Waals surface area contributed by atoms with Crippen LogP contribution in [-0.2, 0) is 16.1 Å². The fourth-order valence-corrected chi connectivity index (χ4v) is 2.91. The number of rotatable bonds is 3. The number of nitrogens with zero attached hydrogens (tertiary/aromatic N) is 3. The van der Waals surface area contributed by atoms with Crippen molar-refractivity contribution in [3.05, 3.63) is 24.5 Å². The molecule has 112 valence electrons. The highest BCUT2D eigenvalue weighted by atomic mass is 16.5. The van der Waals surface area contributed by atoms with Gasteiger partial charge in [-0.15, -0.1) is 0 Å². The largest absolute Gasteiger partial charge is 0.480 e. The van der Waals surface area contributed by atoms with E-state index in [1.54, 1.807) is 10.9 Å². The topological polar surface area (TPSA) is 67.6 Å². The number of aromatic nitrogens is 2. The maximum Gasteiger partial charge on any atom is 0.323 e. The summed E-state index contributed by atoms with van der Waals surface area (Å²) in [5.41, 5.74) is 2.76. The molecule has 2 heterocycles. The quantitative estimate of drug-likeness (QED) is 0.932. The summed E-state index contributed by atoms with van der Waals surface area (Å²) in [6.07, 6.45) is 1.98. The van der Waals surface area contributed by atoms with Crippen molar-refractivity contribution in [3.63, 3.8) is 0 Å². The first kappa shape index (κ1) is 13.9. The van der Waals surface area contributed by atoms with E-state index in [9.17, 15) is 4.79 Å². The highest BCUT2D eigenvalue weighted by molar-refractivity contribution is 5.81. The van der Waals surface area contributed by atoms with Gasteiger partial charge < -0.3 is 19.3 Å². The molecule has 0 saturated carbocycles. The average molecular weight is 289 g/mol. The van der Waals surface area contributed by atoms with Gasteiger partial charge in [0.05, 0.1) is 29.6 Å². The van der Waals surface area contributed by atoms with Gasteiger partial charge in [-0.2, -0.15) is 0 Å². The molecule has 0 spiro atoms. The zero-order chi connectivity index (χ0) is 15.0. The van der Waals surface area contributed by atoms with E-state index in [1.807, 2.05) is 18.2 Å². The lowest BCUT2D eigenvalue weighted by Crippen LogP contribution is -2.45. The minimum atomic E-state index is -0.866. The van der Waals surface area contributed by atoms with E-state index in [0.29, 0.717) is 0 Å². The van der Waals surface area contributed by atoms with Crippen LogP contribution < -0.4 is 4.90 Å². The number of ether oxygens (including phenoxy) is 1. The Morgan fingerprint density at radius 2 is 2.10 bits per heavy atom. The molecule has 1 fully saturated rings. The number of fused-ring (bicyclic) bond motifs is 1. The second kappa shape index (κ2) is 5.37. The number of imidazole rings is 1. The summed E-state index contributed by atoms with van der Waals surface area (Å²) in [6, 6.07) is 5.97. The van der Waals surface area contributed by atoms with E-state index < -0.39 is 5.97 Å². The van der Waals surface area contributed by atoms with Crippen LogP contribution in [0.5, 0.6) is 0 Å². The van der Waals surface area contributed by atoms with E-state index in [1.165, 1.54) is 0 Å². The number of hydrogen-bond donors (Lipinski definition) is 1. The summed E-state index contributed by atoms with van der Waals surface area (Å²) in [5.74, 6) is -0.866. The monoisotopic (exact) mass is 289 g/mol. The Balaban J connectivity index is 1.89. The zero-order valence-electron chi connectivity index (χ0n) is 12.2. The van der Waals surface area contributed by atoms with Crippen molar-refractivity contribution in [2.24, 2.45) is 0 Å². The van der Waals surface area contributed by atoms with E-state index in [-0.39, 0.29) is 18.8 Å². The summed E-state index contributed by atoms with van der Waals surface area (Å²) in [5, 5.41) is 8.89. The van der Waals surface area contributed by atoms with Crippen molar-refractivity contribution in [2.45, 2.75) is 32.6 Å². The van der Waals surface area contributed by atoms with E-state index in [0.717, 1.165) is 29.8 Å². The number of anilines is 1. The van der Waals surface area contributed by atoms with Gasteiger partial charge in [-0.1, -0.05) is 0 Å². The molecule has 1 aliphatic rings. The molecule has 21 heavy (non-hydrogen) atoms. The lowest BCUT2D eigenvalue weighted by atomic mass is 10.2. The van der Waals surface area contributed by atoms with E-state index >= 15 is 0 Å². The molecule has 0 bridgehead atoms. The first-order valence-corrected chi connectivity index (χ1v) is 7.10. The van der Waals surface area contributed by atoms with Crippen LogP contribution in [0.4, 0.5) is 5.69 Å². The van der Waals surface area contributed by atoms with Crippen molar-refractivity contribution in [1.82, 2.24) is 9.55 Å². The van der Waals surface area contributed by atoms with Crippen molar-refractivity contribution in [2.75, 3.05) is 18.0 Å². The maximum absolute atomic E-state index is 10.8. The molecule has 2 unspecified atom stereocenters. The second-order valence-electron chi connectivity index (χ2n) is 5.60. The van der Waals surface area contributed by atoms with Crippen molar-refractivity contribution in [3.8, 4) is 0 Å².